The van der Waals surface area contributed by atoms with E-state index in [1.807, 2.05) is 13.8 Å². The maximum atomic E-state index is 12.7. The van der Waals surface area contributed by atoms with Crippen LogP contribution in [-0.2, 0) is 14.8 Å². The van der Waals surface area contributed by atoms with Gasteiger partial charge in [0, 0.05) is 17.8 Å². The molecule has 0 spiro atoms. The Morgan fingerprint density at radius 3 is 2.83 bits per heavy atom. The minimum atomic E-state index is -3.37. The molecule has 128 valence electrons. The molecule has 23 heavy (non-hydrogen) atoms. The predicted octanol–water partition coefficient (Wildman–Crippen LogP) is 2.09. The molecule has 2 unspecified atom stereocenters. The van der Waals surface area contributed by atoms with Crippen LogP contribution >= 0.6 is 0 Å². The number of hydrogen-bond donors (Lipinski definition) is 1. The van der Waals surface area contributed by atoms with Crippen molar-refractivity contribution in [2.24, 2.45) is 0 Å². The van der Waals surface area contributed by atoms with Crippen molar-refractivity contribution in [2.75, 3.05) is 23.6 Å². The minimum Gasteiger partial charge on any atom is -0.375 e. The van der Waals surface area contributed by atoms with E-state index in [1.165, 1.54) is 0 Å². The minimum absolute atomic E-state index is 0.000797. The van der Waals surface area contributed by atoms with E-state index >= 15 is 0 Å². The molecule has 1 N–H and O–H groups in total. The van der Waals surface area contributed by atoms with E-state index in [4.69, 9.17) is 4.74 Å². The van der Waals surface area contributed by atoms with Gasteiger partial charge in [-0.05, 0) is 38.5 Å². The standard InChI is InChI=1S/C16H24N2O4S/c1-4-8-23(20,21)17-15-7-5-6-14(9-15)16(19)18-10-13(3)22-11-12(18)2/h5-7,9,12-13,17H,4,8,10-11H2,1-3H3. The van der Waals surface area contributed by atoms with Crippen molar-refractivity contribution in [3.05, 3.63) is 29.8 Å². The normalized spacial score (nSPS) is 22.0. The number of rotatable bonds is 5. The van der Waals surface area contributed by atoms with Gasteiger partial charge in [-0.1, -0.05) is 13.0 Å². The summed E-state index contributed by atoms with van der Waals surface area (Å²) >= 11 is 0. The van der Waals surface area contributed by atoms with Crippen molar-refractivity contribution in [1.82, 2.24) is 4.90 Å². The van der Waals surface area contributed by atoms with Crippen LogP contribution in [-0.4, -0.2) is 50.3 Å². The Kier molecular flexibility index (Phi) is 5.64. The van der Waals surface area contributed by atoms with E-state index in [-0.39, 0.29) is 23.8 Å². The quantitative estimate of drug-likeness (QED) is 0.890. The van der Waals surface area contributed by atoms with E-state index in [0.717, 1.165) is 0 Å². The van der Waals surface area contributed by atoms with E-state index in [2.05, 4.69) is 4.72 Å². The zero-order valence-corrected chi connectivity index (χ0v) is 14.6. The smallest absolute Gasteiger partial charge is 0.254 e. The number of anilines is 1. The molecule has 0 aliphatic carbocycles. The van der Waals surface area contributed by atoms with Crippen LogP contribution in [0.15, 0.2) is 24.3 Å². The summed E-state index contributed by atoms with van der Waals surface area (Å²) in [7, 11) is -3.37. The molecular formula is C16H24N2O4S. The number of carbonyl (C=O) groups is 1. The van der Waals surface area contributed by atoms with Gasteiger partial charge in [-0.15, -0.1) is 0 Å². The third-order valence-corrected chi connectivity index (χ3v) is 5.22. The van der Waals surface area contributed by atoms with Crippen molar-refractivity contribution in [3.8, 4) is 0 Å². The zero-order chi connectivity index (χ0) is 17.0. The largest absolute Gasteiger partial charge is 0.375 e. The summed E-state index contributed by atoms with van der Waals surface area (Å²) in [6, 6.07) is 6.62. The van der Waals surface area contributed by atoms with Gasteiger partial charge in [-0.25, -0.2) is 8.42 Å². The van der Waals surface area contributed by atoms with Gasteiger partial charge in [-0.2, -0.15) is 0 Å². The number of benzene rings is 1. The summed E-state index contributed by atoms with van der Waals surface area (Å²) < 4.78 is 31.8. The van der Waals surface area contributed by atoms with Crippen LogP contribution in [0.3, 0.4) is 0 Å². The van der Waals surface area contributed by atoms with Crippen LogP contribution in [0, 0.1) is 0 Å². The van der Waals surface area contributed by atoms with Gasteiger partial charge in [0.2, 0.25) is 10.0 Å². The Labute approximate surface area is 137 Å². The van der Waals surface area contributed by atoms with Gasteiger partial charge in [0.1, 0.15) is 0 Å². The SMILES string of the molecule is CCCS(=O)(=O)Nc1cccc(C(=O)N2CC(C)OCC2C)c1. The number of amides is 1. The van der Waals surface area contributed by atoms with Crippen LogP contribution in [0.1, 0.15) is 37.6 Å². The summed E-state index contributed by atoms with van der Waals surface area (Å²) in [4.78, 5) is 14.5. The summed E-state index contributed by atoms with van der Waals surface area (Å²) in [5, 5.41) is 0. The maximum absolute atomic E-state index is 12.7. The highest BCUT2D eigenvalue weighted by Crippen LogP contribution is 2.18. The molecule has 0 radical (unpaired) electrons. The number of morpholine rings is 1. The average Bonchev–Trinajstić information content (AvgIpc) is 2.48. The van der Waals surface area contributed by atoms with E-state index < -0.39 is 10.0 Å². The summed E-state index contributed by atoms with van der Waals surface area (Å²) in [6.07, 6.45) is 0.540. The molecule has 1 aliphatic rings. The predicted molar refractivity (Wildman–Crippen MR) is 90.1 cm³/mol. The lowest BCUT2D eigenvalue weighted by molar-refractivity contribution is -0.0387. The van der Waals surface area contributed by atoms with Crippen molar-refractivity contribution in [3.63, 3.8) is 0 Å². The highest BCUT2D eigenvalue weighted by molar-refractivity contribution is 7.92. The first-order valence-electron chi connectivity index (χ1n) is 7.85. The van der Waals surface area contributed by atoms with E-state index in [1.54, 1.807) is 36.1 Å². The van der Waals surface area contributed by atoms with Gasteiger partial charge in [-0.3, -0.25) is 9.52 Å². The maximum Gasteiger partial charge on any atom is 0.254 e. The number of sulfonamides is 1. The average molecular weight is 340 g/mol. The summed E-state index contributed by atoms with van der Waals surface area (Å²) in [6.45, 7) is 6.72. The molecule has 2 rings (SSSR count). The number of ether oxygens (including phenoxy) is 1. The molecule has 1 amide bonds. The van der Waals surface area contributed by atoms with E-state index in [0.29, 0.717) is 30.8 Å². The van der Waals surface area contributed by atoms with E-state index in [9.17, 15) is 13.2 Å². The Balaban J connectivity index is 2.17. The first kappa shape index (κ1) is 17.7. The molecule has 6 nitrogen and oxygen atoms in total. The number of nitrogens with one attached hydrogen (secondary N) is 1. The second-order valence-electron chi connectivity index (χ2n) is 5.95. The molecule has 0 aromatic heterocycles. The van der Waals surface area contributed by atoms with Crippen LogP contribution in [0.5, 0.6) is 0 Å². The topological polar surface area (TPSA) is 75.7 Å². The fourth-order valence-corrected chi connectivity index (χ4v) is 3.69. The third kappa shape index (κ3) is 4.68. The van der Waals surface area contributed by atoms with Gasteiger partial charge in [0.25, 0.3) is 5.91 Å². The Bertz CT molecular complexity index is 660. The lowest BCUT2D eigenvalue weighted by Gasteiger charge is -2.36. The summed E-state index contributed by atoms with van der Waals surface area (Å²) in [5.74, 6) is -0.0485. The van der Waals surface area contributed by atoms with Gasteiger partial charge < -0.3 is 9.64 Å². The molecule has 1 saturated heterocycles. The van der Waals surface area contributed by atoms with Gasteiger partial charge in [0.05, 0.1) is 24.5 Å². The first-order chi connectivity index (χ1) is 10.8. The number of carbonyl (C=O) groups excluding carboxylic acids is 1. The monoisotopic (exact) mass is 340 g/mol. The van der Waals surface area contributed by atoms with Gasteiger partial charge >= 0.3 is 0 Å². The second kappa shape index (κ2) is 7.31. The molecule has 1 aromatic carbocycles. The highest BCUT2D eigenvalue weighted by atomic mass is 32.2. The number of hydrogen-bond acceptors (Lipinski definition) is 4. The van der Waals surface area contributed by atoms with Crippen molar-refractivity contribution in [2.45, 2.75) is 39.3 Å². The Morgan fingerprint density at radius 1 is 1.39 bits per heavy atom. The van der Waals surface area contributed by atoms with Crippen LogP contribution in [0.2, 0.25) is 0 Å². The van der Waals surface area contributed by atoms with Crippen molar-refractivity contribution < 1.29 is 17.9 Å². The van der Waals surface area contributed by atoms with Crippen LogP contribution < -0.4 is 4.72 Å². The molecule has 0 saturated carbocycles. The fraction of sp³-hybridized carbons (Fsp3) is 0.562. The van der Waals surface area contributed by atoms with Crippen molar-refractivity contribution >= 4 is 21.6 Å². The van der Waals surface area contributed by atoms with Crippen LogP contribution in [0.25, 0.3) is 0 Å². The molecule has 1 fully saturated rings. The Hall–Kier alpha value is -1.60. The molecule has 2 atom stereocenters. The fourth-order valence-electron chi connectivity index (χ4n) is 2.57. The zero-order valence-electron chi connectivity index (χ0n) is 13.8. The molecule has 1 aliphatic heterocycles. The Morgan fingerprint density at radius 2 is 2.13 bits per heavy atom. The highest BCUT2D eigenvalue weighted by Gasteiger charge is 2.28. The van der Waals surface area contributed by atoms with Crippen LogP contribution in [0.4, 0.5) is 5.69 Å². The van der Waals surface area contributed by atoms with Gasteiger partial charge in [0.15, 0.2) is 0 Å². The summed E-state index contributed by atoms with van der Waals surface area (Å²) in [5.41, 5.74) is 0.890. The first-order valence-corrected chi connectivity index (χ1v) is 9.50. The lowest BCUT2D eigenvalue weighted by Crippen LogP contribution is -2.50. The number of nitrogens with zero attached hydrogens (tertiary/aromatic N) is 1. The molecule has 0 bridgehead atoms. The molecule has 7 heteroatoms. The lowest BCUT2D eigenvalue weighted by atomic mass is 10.1. The molecule has 1 aromatic rings. The second-order valence-corrected chi connectivity index (χ2v) is 7.79. The molecule has 1 heterocycles. The third-order valence-electron chi connectivity index (χ3n) is 3.72. The van der Waals surface area contributed by atoms with Crippen molar-refractivity contribution in [1.29, 1.82) is 0 Å². The molecular weight excluding hydrogens is 316 g/mol.